The summed E-state index contributed by atoms with van der Waals surface area (Å²) in [6.45, 7) is 6.49. The molecule has 0 rings (SSSR count). The largest absolute Gasteiger partial charge is 0.462 e. The molecule has 1 atom stereocenters. The van der Waals surface area contributed by atoms with Gasteiger partial charge in [-0.3, -0.25) is 14.4 Å². The summed E-state index contributed by atoms with van der Waals surface area (Å²) in [5, 5.41) is 0. The van der Waals surface area contributed by atoms with Gasteiger partial charge in [0.1, 0.15) is 13.2 Å². The summed E-state index contributed by atoms with van der Waals surface area (Å²) in [5.41, 5.74) is 0. The van der Waals surface area contributed by atoms with Crippen LogP contribution in [0.1, 0.15) is 310 Å². The van der Waals surface area contributed by atoms with Gasteiger partial charge in [-0.1, -0.05) is 266 Å². The van der Waals surface area contributed by atoms with Crippen LogP contribution in [0.2, 0.25) is 0 Å². The zero-order valence-electron chi connectivity index (χ0n) is 50.0. The quantitative estimate of drug-likeness (QED) is 0.0261. The number of carbonyl (C=O) groups excluding carboxylic acids is 3. The van der Waals surface area contributed by atoms with Gasteiger partial charge in [-0.25, -0.2) is 0 Å². The average molecular weight is 1060 g/mol. The predicted molar refractivity (Wildman–Crippen MR) is 330 cm³/mol. The SMILES string of the molecule is CC/C=C\C/C=C\C/C=C\C/C=C\CCCCC(=O)OCC(COC(=O)CCCCCCCCCCCC/C=C\C/C=C\C/C=C\CCCCCCC)OC(=O)CCCCCCCCC/C=C\CCCCCCCCC. The number of allylic oxidation sites excluding steroid dienone is 16. The summed E-state index contributed by atoms with van der Waals surface area (Å²) in [6, 6.07) is 0. The summed E-state index contributed by atoms with van der Waals surface area (Å²) >= 11 is 0. The van der Waals surface area contributed by atoms with Gasteiger partial charge in [-0.15, -0.1) is 0 Å². The van der Waals surface area contributed by atoms with Crippen LogP contribution in [0.5, 0.6) is 0 Å². The van der Waals surface area contributed by atoms with E-state index in [-0.39, 0.29) is 31.1 Å². The topological polar surface area (TPSA) is 78.9 Å². The van der Waals surface area contributed by atoms with Crippen molar-refractivity contribution in [1.82, 2.24) is 0 Å². The van der Waals surface area contributed by atoms with Crippen molar-refractivity contribution in [3.8, 4) is 0 Å². The van der Waals surface area contributed by atoms with E-state index < -0.39 is 6.10 Å². The minimum atomic E-state index is -0.801. The second kappa shape index (κ2) is 63.9. The van der Waals surface area contributed by atoms with E-state index in [2.05, 4.69) is 118 Å². The van der Waals surface area contributed by atoms with Gasteiger partial charge in [0.2, 0.25) is 0 Å². The van der Waals surface area contributed by atoms with Gasteiger partial charge in [-0.2, -0.15) is 0 Å². The Kier molecular flexibility index (Phi) is 60.8. The molecule has 0 saturated heterocycles. The Morgan fingerprint density at radius 3 is 0.842 bits per heavy atom. The van der Waals surface area contributed by atoms with Gasteiger partial charge in [0.25, 0.3) is 0 Å². The Morgan fingerprint density at radius 2 is 0.513 bits per heavy atom. The molecular formula is C70H120O6. The first kappa shape index (κ1) is 72.3. The van der Waals surface area contributed by atoms with Crippen LogP contribution >= 0.6 is 0 Å². The number of ether oxygens (including phenoxy) is 3. The molecule has 0 bridgehead atoms. The molecule has 0 aromatic carbocycles. The fraction of sp³-hybridized carbons (Fsp3) is 0.729. The first-order chi connectivity index (χ1) is 37.5. The van der Waals surface area contributed by atoms with E-state index in [1.165, 1.54) is 173 Å². The van der Waals surface area contributed by atoms with Gasteiger partial charge >= 0.3 is 17.9 Å². The minimum Gasteiger partial charge on any atom is -0.462 e. The Balaban J connectivity index is 4.38. The molecule has 0 fully saturated rings. The van der Waals surface area contributed by atoms with Gasteiger partial charge < -0.3 is 14.2 Å². The standard InChI is InChI=1S/C70H120O6/c1-4-7-10-13-16-19-22-25-28-30-32-33-34-35-36-37-38-40-42-45-48-51-54-57-60-63-69(72)75-66-67(65-74-68(71)62-59-56-53-50-47-44-41-27-24-21-18-15-12-9-6-3)76-70(73)64-61-58-55-52-49-46-43-39-31-29-26-23-20-17-14-11-8-5-2/h9,12,18,21-22,25,27,29-32,34-35,41,47,50,67H,4-8,10-11,13-17,19-20,23-24,26,28,33,36-40,42-46,48-49,51-66H2,1-3H3/b12-9-,21-18-,25-22-,31-29-,32-30-,35-34-,41-27-,50-47-. The molecule has 76 heavy (non-hydrogen) atoms. The third kappa shape index (κ3) is 61.2. The lowest BCUT2D eigenvalue weighted by atomic mass is 10.1. The lowest BCUT2D eigenvalue weighted by Crippen LogP contribution is -2.30. The fourth-order valence-corrected chi connectivity index (χ4v) is 8.97. The van der Waals surface area contributed by atoms with Crippen LogP contribution in [-0.4, -0.2) is 37.2 Å². The molecule has 0 heterocycles. The van der Waals surface area contributed by atoms with Gasteiger partial charge in [0.15, 0.2) is 6.10 Å². The number of esters is 3. The number of hydrogen-bond acceptors (Lipinski definition) is 6. The molecule has 436 valence electrons. The predicted octanol–water partition coefficient (Wildman–Crippen LogP) is 22.0. The number of hydrogen-bond donors (Lipinski definition) is 0. The number of carbonyl (C=O) groups is 3. The molecule has 1 unspecified atom stereocenters. The van der Waals surface area contributed by atoms with Crippen molar-refractivity contribution in [2.75, 3.05) is 13.2 Å². The highest BCUT2D eigenvalue weighted by Gasteiger charge is 2.19. The second-order valence-corrected chi connectivity index (χ2v) is 21.3. The molecule has 6 nitrogen and oxygen atoms in total. The van der Waals surface area contributed by atoms with Crippen molar-refractivity contribution in [3.63, 3.8) is 0 Å². The zero-order chi connectivity index (χ0) is 55.0. The smallest absolute Gasteiger partial charge is 0.306 e. The Labute approximate surface area is 470 Å². The van der Waals surface area contributed by atoms with Crippen molar-refractivity contribution in [1.29, 1.82) is 0 Å². The lowest BCUT2D eigenvalue weighted by molar-refractivity contribution is -0.167. The summed E-state index contributed by atoms with van der Waals surface area (Å²) in [7, 11) is 0. The minimum absolute atomic E-state index is 0.0942. The van der Waals surface area contributed by atoms with Gasteiger partial charge in [0.05, 0.1) is 0 Å². The molecule has 0 N–H and O–H groups in total. The number of rotatable bonds is 58. The first-order valence-electron chi connectivity index (χ1n) is 32.2. The Morgan fingerprint density at radius 1 is 0.276 bits per heavy atom. The van der Waals surface area contributed by atoms with Crippen LogP contribution in [0.15, 0.2) is 97.2 Å². The summed E-state index contributed by atoms with van der Waals surface area (Å²) < 4.78 is 16.9. The maximum absolute atomic E-state index is 12.9. The van der Waals surface area contributed by atoms with E-state index >= 15 is 0 Å². The van der Waals surface area contributed by atoms with Crippen molar-refractivity contribution in [3.05, 3.63) is 97.2 Å². The molecule has 0 aromatic heterocycles. The van der Waals surface area contributed by atoms with Crippen LogP contribution in [-0.2, 0) is 28.6 Å². The monoisotopic (exact) mass is 1060 g/mol. The first-order valence-corrected chi connectivity index (χ1v) is 32.2. The van der Waals surface area contributed by atoms with Crippen LogP contribution < -0.4 is 0 Å². The maximum atomic E-state index is 12.9. The summed E-state index contributed by atoms with van der Waals surface area (Å²) in [5.74, 6) is -0.936. The average Bonchev–Trinajstić information content (AvgIpc) is 3.42. The van der Waals surface area contributed by atoms with E-state index in [9.17, 15) is 14.4 Å². The molecule has 0 aliphatic carbocycles. The third-order valence-corrected chi connectivity index (χ3v) is 13.8. The van der Waals surface area contributed by atoms with Gasteiger partial charge in [0, 0.05) is 19.3 Å². The van der Waals surface area contributed by atoms with Crippen LogP contribution in [0.25, 0.3) is 0 Å². The van der Waals surface area contributed by atoms with E-state index in [4.69, 9.17) is 14.2 Å². The number of unbranched alkanes of at least 4 members (excludes halogenated alkanes) is 31. The molecule has 0 aliphatic rings. The molecule has 6 heteroatoms. The summed E-state index contributed by atoms with van der Waals surface area (Å²) in [6.07, 6.45) is 85.6. The molecule has 0 saturated carbocycles. The third-order valence-electron chi connectivity index (χ3n) is 13.8. The molecular weight excluding hydrogens is 937 g/mol. The van der Waals surface area contributed by atoms with Crippen LogP contribution in [0.3, 0.4) is 0 Å². The molecule has 0 aromatic rings. The normalized spacial score (nSPS) is 12.7. The highest BCUT2D eigenvalue weighted by molar-refractivity contribution is 5.71. The van der Waals surface area contributed by atoms with E-state index in [0.29, 0.717) is 19.3 Å². The van der Waals surface area contributed by atoms with Crippen LogP contribution in [0.4, 0.5) is 0 Å². The molecule has 0 amide bonds. The van der Waals surface area contributed by atoms with E-state index in [0.717, 1.165) is 96.3 Å². The lowest BCUT2D eigenvalue weighted by Gasteiger charge is -2.18. The second-order valence-electron chi connectivity index (χ2n) is 21.3. The van der Waals surface area contributed by atoms with E-state index in [1.807, 2.05) is 0 Å². The maximum Gasteiger partial charge on any atom is 0.306 e. The summed E-state index contributed by atoms with van der Waals surface area (Å²) in [4.78, 5) is 38.3. The Bertz CT molecular complexity index is 1490. The Hall–Kier alpha value is -3.67. The molecule has 0 aliphatic heterocycles. The molecule has 0 radical (unpaired) electrons. The van der Waals surface area contributed by atoms with Crippen LogP contribution in [0, 0.1) is 0 Å². The van der Waals surface area contributed by atoms with Gasteiger partial charge in [-0.05, 0) is 122 Å². The highest BCUT2D eigenvalue weighted by atomic mass is 16.6. The van der Waals surface area contributed by atoms with Crippen molar-refractivity contribution < 1.29 is 28.6 Å². The highest BCUT2D eigenvalue weighted by Crippen LogP contribution is 2.16. The molecule has 0 spiro atoms. The van der Waals surface area contributed by atoms with Crippen molar-refractivity contribution in [2.24, 2.45) is 0 Å². The van der Waals surface area contributed by atoms with E-state index in [1.54, 1.807) is 0 Å². The van der Waals surface area contributed by atoms with Crippen molar-refractivity contribution >= 4 is 17.9 Å². The zero-order valence-corrected chi connectivity index (χ0v) is 50.0. The fourth-order valence-electron chi connectivity index (χ4n) is 8.97. The van der Waals surface area contributed by atoms with Crippen molar-refractivity contribution in [2.45, 2.75) is 316 Å².